The van der Waals surface area contributed by atoms with Crippen molar-refractivity contribution in [2.24, 2.45) is 0 Å². The minimum absolute atomic E-state index is 0.533. The minimum atomic E-state index is 0.533. The lowest BCUT2D eigenvalue weighted by atomic mass is 10.5. The summed E-state index contributed by atoms with van der Waals surface area (Å²) >= 11 is 7.63. The third-order valence-electron chi connectivity index (χ3n) is 1.43. The Labute approximate surface area is 102 Å². The van der Waals surface area contributed by atoms with E-state index in [9.17, 15) is 0 Å². The zero-order valence-electron chi connectivity index (χ0n) is 7.54. The van der Waals surface area contributed by atoms with E-state index in [-0.39, 0.29) is 0 Å². The lowest BCUT2D eigenvalue weighted by Gasteiger charge is -2.06. The van der Waals surface area contributed by atoms with Gasteiger partial charge in [-0.25, -0.2) is 9.97 Å². The van der Waals surface area contributed by atoms with E-state index in [0.29, 0.717) is 19.1 Å². The summed E-state index contributed by atoms with van der Waals surface area (Å²) in [5, 5.41) is 3.15. The number of aromatic nitrogens is 2. The lowest BCUT2D eigenvalue weighted by Crippen LogP contribution is -2.12. The number of nitrogens with zero attached hydrogens (tertiary/aromatic N) is 2. The molecule has 0 radical (unpaired) electrons. The summed E-state index contributed by atoms with van der Waals surface area (Å²) in [6.45, 7) is 1.95. The van der Waals surface area contributed by atoms with Gasteiger partial charge in [0.15, 0.2) is 0 Å². The normalized spacial score (nSPS) is 10.1. The van der Waals surface area contributed by atoms with E-state index in [1.54, 1.807) is 6.20 Å². The van der Waals surface area contributed by atoms with E-state index in [2.05, 4.69) is 37.9 Å². The van der Waals surface area contributed by atoms with Crippen molar-refractivity contribution in [1.29, 1.82) is 0 Å². The number of ether oxygens (including phenoxy) is 1. The Balaban J connectivity index is 2.21. The first-order chi connectivity index (χ1) is 6.84. The topological polar surface area (TPSA) is 47.0 Å². The highest BCUT2D eigenvalue weighted by Gasteiger charge is 1.98. The van der Waals surface area contributed by atoms with Crippen LogP contribution in [0.4, 0.5) is 5.82 Å². The fraction of sp³-hybridized carbons (Fsp3) is 0.500. The number of hydrogen-bond donors (Lipinski definition) is 1. The molecule has 1 N–H and O–H groups in total. The molecule has 78 valence electrons. The molecule has 1 aromatic heterocycles. The first kappa shape index (κ1) is 11.9. The fourth-order valence-electron chi connectivity index (χ4n) is 0.841. The quantitative estimate of drug-likeness (QED) is 0.491. The molecule has 1 rings (SSSR count). The van der Waals surface area contributed by atoms with Gasteiger partial charge < -0.3 is 10.1 Å². The molecule has 4 nitrogen and oxygen atoms in total. The molecule has 6 heteroatoms. The number of alkyl halides is 1. The van der Waals surface area contributed by atoms with E-state index in [4.69, 9.17) is 16.3 Å². The summed E-state index contributed by atoms with van der Waals surface area (Å²) in [5.74, 6) is 1.38. The first-order valence-corrected chi connectivity index (χ1v) is 5.79. The second-order valence-electron chi connectivity index (χ2n) is 2.45. The van der Waals surface area contributed by atoms with Gasteiger partial charge in [-0.3, -0.25) is 0 Å². The maximum Gasteiger partial charge on any atom is 0.142 e. The predicted molar refractivity (Wildman–Crippen MR) is 64.8 cm³/mol. The van der Waals surface area contributed by atoms with Gasteiger partial charge in [-0.05, 0) is 22.6 Å². The van der Waals surface area contributed by atoms with Crippen molar-refractivity contribution in [3.8, 4) is 0 Å². The van der Waals surface area contributed by atoms with Crippen LogP contribution in [0.2, 0.25) is 0 Å². The zero-order chi connectivity index (χ0) is 10.2. The molecule has 0 unspecified atom stereocenters. The summed E-state index contributed by atoms with van der Waals surface area (Å²) in [5.41, 5.74) is 0. The predicted octanol–water partition coefficient (Wildman–Crippen LogP) is 1.75. The average molecular weight is 328 g/mol. The average Bonchev–Trinajstić information content (AvgIpc) is 2.20. The van der Waals surface area contributed by atoms with Crippen molar-refractivity contribution in [2.75, 3.05) is 31.0 Å². The third-order valence-corrected chi connectivity index (χ3v) is 2.37. The van der Waals surface area contributed by atoms with Gasteiger partial charge in [0.1, 0.15) is 12.1 Å². The van der Waals surface area contributed by atoms with Gasteiger partial charge in [0, 0.05) is 18.6 Å². The van der Waals surface area contributed by atoms with Gasteiger partial charge >= 0.3 is 0 Å². The second kappa shape index (κ2) is 7.19. The molecule has 0 saturated carbocycles. The minimum Gasteiger partial charge on any atom is -0.378 e. The molecule has 0 aliphatic carbocycles. The molecule has 0 amide bonds. The highest BCUT2D eigenvalue weighted by molar-refractivity contribution is 14.1. The standard InChI is InChI=1S/C8H11ClIN3O/c9-1-3-14-4-2-12-8-7(10)5-11-6-13-8/h5-6H,1-4H2,(H,11,12,13). The van der Waals surface area contributed by atoms with E-state index in [0.717, 1.165) is 15.9 Å². The molecule has 0 spiro atoms. The number of hydrogen-bond acceptors (Lipinski definition) is 4. The number of rotatable bonds is 6. The van der Waals surface area contributed by atoms with Gasteiger partial charge in [0.2, 0.25) is 0 Å². The number of halogens is 2. The molecular weight excluding hydrogens is 316 g/mol. The Kier molecular flexibility index (Phi) is 6.13. The van der Waals surface area contributed by atoms with E-state index in [1.165, 1.54) is 6.33 Å². The van der Waals surface area contributed by atoms with Crippen molar-refractivity contribution in [1.82, 2.24) is 9.97 Å². The smallest absolute Gasteiger partial charge is 0.142 e. The van der Waals surface area contributed by atoms with Crippen molar-refractivity contribution in [2.45, 2.75) is 0 Å². The third kappa shape index (κ3) is 4.39. The monoisotopic (exact) mass is 327 g/mol. The Morgan fingerprint density at radius 2 is 2.36 bits per heavy atom. The largest absolute Gasteiger partial charge is 0.378 e. The first-order valence-electron chi connectivity index (χ1n) is 4.17. The molecule has 0 aromatic carbocycles. The SMILES string of the molecule is ClCCOCCNc1ncncc1I. The van der Waals surface area contributed by atoms with E-state index in [1.807, 2.05) is 0 Å². The van der Waals surface area contributed by atoms with Crippen molar-refractivity contribution < 1.29 is 4.74 Å². The van der Waals surface area contributed by atoms with Gasteiger partial charge in [0.05, 0.1) is 16.8 Å². The summed E-state index contributed by atoms with van der Waals surface area (Å²) in [7, 11) is 0. The maximum atomic E-state index is 5.46. The maximum absolute atomic E-state index is 5.46. The molecule has 14 heavy (non-hydrogen) atoms. The van der Waals surface area contributed by atoms with Crippen LogP contribution < -0.4 is 5.32 Å². The molecule has 0 aliphatic rings. The molecule has 0 aliphatic heterocycles. The Morgan fingerprint density at radius 3 is 3.07 bits per heavy atom. The van der Waals surface area contributed by atoms with Crippen LogP contribution in [-0.4, -0.2) is 35.6 Å². The summed E-state index contributed by atoms with van der Waals surface area (Å²) in [6, 6.07) is 0. The van der Waals surface area contributed by atoms with Crippen LogP contribution in [0.5, 0.6) is 0 Å². The highest BCUT2D eigenvalue weighted by atomic mass is 127. The van der Waals surface area contributed by atoms with Crippen LogP contribution in [0, 0.1) is 3.57 Å². The van der Waals surface area contributed by atoms with Crippen LogP contribution in [-0.2, 0) is 4.74 Å². The van der Waals surface area contributed by atoms with Crippen LogP contribution in [0.3, 0.4) is 0 Å². The number of anilines is 1. The van der Waals surface area contributed by atoms with Gasteiger partial charge in [0.25, 0.3) is 0 Å². The Morgan fingerprint density at radius 1 is 1.50 bits per heavy atom. The van der Waals surface area contributed by atoms with Crippen molar-refractivity contribution >= 4 is 40.0 Å². The van der Waals surface area contributed by atoms with Crippen LogP contribution in [0.15, 0.2) is 12.5 Å². The van der Waals surface area contributed by atoms with Crippen LogP contribution >= 0.6 is 34.2 Å². The Hall–Kier alpha value is -0.140. The van der Waals surface area contributed by atoms with Crippen molar-refractivity contribution in [3.63, 3.8) is 0 Å². The summed E-state index contributed by atoms with van der Waals surface area (Å²) in [4.78, 5) is 7.98. The molecule has 1 heterocycles. The molecular formula is C8H11ClIN3O. The van der Waals surface area contributed by atoms with Crippen LogP contribution in [0.25, 0.3) is 0 Å². The van der Waals surface area contributed by atoms with Gasteiger partial charge in [-0.1, -0.05) is 0 Å². The molecule has 1 aromatic rings. The Bertz CT molecular complexity index is 275. The van der Waals surface area contributed by atoms with Crippen LogP contribution in [0.1, 0.15) is 0 Å². The zero-order valence-corrected chi connectivity index (χ0v) is 10.5. The van der Waals surface area contributed by atoms with Gasteiger partial charge in [-0.15, -0.1) is 11.6 Å². The highest BCUT2D eigenvalue weighted by Crippen LogP contribution is 2.11. The van der Waals surface area contributed by atoms with E-state index < -0.39 is 0 Å². The molecule has 0 fully saturated rings. The molecule has 0 atom stereocenters. The summed E-state index contributed by atoms with van der Waals surface area (Å²) in [6.07, 6.45) is 3.28. The molecule has 0 saturated heterocycles. The van der Waals surface area contributed by atoms with Crippen molar-refractivity contribution in [3.05, 3.63) is 16.1 Å². The van der Waals surface area contributed by atoms with Gasteiger partial charge in [-0.2, -0.15) is 0 Å². The molecule has 0 bridgehead atoms. The van der Waals surface area contributed by atoms with E-state index >= 15 is 0 Å². The fourth-order valence-corrected chi connectivity index (χ4v) is 1.44. The lowest BCUT2D eigenvalue weighted by molar-refractivity contribution is 0.160. The summed E-state index contributed by atoms with van der Waals surface area (Å²) < 4.78 is 6.21. The number of nitrogens with one attached hydrogen (secondary N) is 1. The second-order valence-corrected chi connectivity index (χ2v) is 3.99.